The Kier molecular flexibility index (Phi) is 9.47. The Bertz CT molecular complexity index is 1440. The molecule has 0 radical (unpaired) electrons. The molecule has 4 aromatic rings. The van der Waals surface area contributed by atoms with E-state index in [0.29, 0.717) is 34.2 Å². The van der Waals surface area contributed by atoms with Crippen molar-refractivity contribution in [1.29, 1.82) is 0 Å². The Morgan fingerprint density at radius 2 is 1.80 bits per heavy atom. The maximum absolute atomic E-state index is 13.2. The summed E-state index contributed by atoms with van der Waals surface area (Å²) in [6.45, 7) is 4.00. The van der Waals surface area contributed by atoms with E-state index in [9.17, 15) is 14.7 Å². The van der Waals surface area contributed by atoms with Gasteiger partial charge in [-0.1, -0.05) is 39.2 Å². The molecule has 0 spiro atoms. The number of ether oxygens (including phenoxy) is 2. The van der Waals surface area contributed by atoms with Gasteiger partial charge >= 0.3 is 5.97 Å². The van der Waals surface area contributed by atoms with Crippen molar-refractivity contribution in [2.24, 2.45) is 0 Å². The van der Waals surface area contributed by atoms with Gasteiger partial charge in [0.25, 0.3) is 5.91 Å². The number of carbonyl (C=O) groups is 2. The number of carboxylic acids is 1. The average molecular weight is 548 g/mol. The highest BCUT2D eigenvalue weighted by atomic mass is 16.5. The maximum Gasteiger partial charge on any atom is 0.326 e. The Balaban J connectivity index is 0.00000181. The van der Waals surface area contributed by atoms with Gasteiger partial charge < -0.3 is 28.9 Å². The summed E-state index contributed by atoms with van der Waals surface area (Å²) in [7, 11) is 3.05. The van der Waals surface area contributed by atoms with Gasteiger partial charge in [-0.05, 0) is 54.8 Å². The monoisotopic (exact) mass is 547 g/mol. The summed E-state index contributed by atoms with van der Waals surface area (Å²) in [5.41, 5.74) is 3.57. The molecule has 1 fully saturated rings. The molecule has 2 heterocycles. The minimum absolute atomic E-state index is 0.0879. The summed E-state index contributed by atoms with van der Waals surface area (Å²) in [4.78, 5) is 30.1. The number of methoxy groups -OCH3 is 2. The quantitative estimate of drug-likeness (QED) is 0.254. The van der Waals surface area contributed by atoms with Crippen LogP contribution in [0, 0.1) is 0 Å². The zero-order valence-electron chi connectivity index (χ0n) is 23.5. The third-order valence-electron chi connectivity index (χ3n) is 7.16. The highest BCUT2D eigenvalue weighted by molar-refractivity contribution is 5.99. The van der Waals surface area contributed by atoms with E-state index in [1.165, 1.54) is 33.5 Å². The van der Waals surface area contributed by atoms with Gasteiger partial charge in [-0.25, -0.2) is 9.78 Å². The molecule has 0 aliphatic heterocycles. The second-order valence-electron chi connectivity index (χ2n) is 9.57. The lowest BCUT2D eigenvalue weighted by molar-refractivity contribution is -0.139. The van der Waals surface area contributed by atoms with Gasteiger partial charge in [-0.2, -0.15) is 0 Å². The summed E-state index contributed by atoms with van der Waals surface area (Å²) in [6, 6.07) is 11.6. The number of furan rings is 1. The second kappa shape index (κ2) is 13.2. The van der Waals surface area contributed by atoms with Gasteiger partial charge in [0.15, 0.2) is 11.5 Å². The molecular weight excluding hydrogens is 510 g/mol. The minimum Gasteiger partial charge on any atom is -0.493 e. The summed E-state index contributed by atoms with van der Waals surface area (Å²) in [5, 5.41) is 12.5. The largest absolute Gasteiger partial charge is 0.493 e. The lowest BCUT2D eigenvalue weighted by atomic mass is 9.95. The van der Waals surface area contributed by atoms with E-state index >= 15 is 0 Å². The number of aliphatic carboxylic acids is 1. The van der Waals surface area contributed by atoms with Crippen molar-refractivity contribution < 1.29 is 28.6 Å². The van der Waals surface area contributed by atoms with Crippen LogP contribution in [0.25, 0.3) is 22.4 Å². The number of rotatable bonds is 9. The SMILES string of the molecule is CC.COc1ccc(CC(NC(=O)c2ccc3c(c2)nc(-c2ccoc2)n3C2CCCCC2)C(=O)O)cc1OC. The van der Waals surface area contributed by atoms with Crippen LogP contribution in [0.3, 0.4) is 0 Å². The first-order valence-corrected chi connectivity index (χ1v) is 13.8. The lowest BCUT2D eigenvalue weighted by Crippen LogP contribution is -2.42. The summed E-state index contributed by atoms with van der Waals surface area (Å²) in [5.74, 6) is 0.251. The standard InChI is InChI=1S/C29H31N3O6.C2H6/c1-36-25-11-8-18(15-26(25)37-2)14-23(29(34)35)31-28(33)19-9-10-24-22(16-19)30-27(20-12-13-38-17-20)32(24)21-6-4-3-5-7-21;1-2/h8-13,15-17,21,23H,3-7,14H2,1-2H3,(H,31,33)(H,34,35);1-2H3. The molecule has 1 amide bonds. The van der Waals surface area contributed by atoms with Gasteiger partial charge in [-0.3, -0.25) is 4.79 Å². The number of imidazole rings is 1. The van der Waals surface area contributed by atoms with Crippen molar-refractivity contribution in [3.63, 3.8) is 0 Å². The number of nitrogens with one attached hydrogen (secondary N) is 1. The number of fused-ring (bicyclic) bond motifs is 1. The maximum atomic E-state index is 13.2. The topological polar surface area (TPSA) is 116 Å². The van der Waals surface area contributed by atoms with Gasteiger partial charge in [0, 0.05) is 18.0 Å². The summed E-state index contributed by atoms with van der Waals surface area (Å²) < 4.78 is 18.2. The van der Waals surface area contributed by atoms with Crippen LogP contribution in [0.15, 0.2) is 59.4 Å². The van der Waals surface area contributed by atoms with Crippen LogP contribution in [0.5, 0.6) is 11.5 Å². The fourth-order valence-electron chi connectivity index (χ4n) is 5.23. The number of carbonyl (C=O) groups excluding carboxylic acids is 1. The number of aromatic nitrogens is 2. The molecule has 5 rings (SSSR count). The molecule has 0 bridgehead atoms. The van der Waals surface area contributed by atoms with Gasteiger partial charge in [0.1, 0.15) is 18.1 Å². The van der Waals surface area contributed by atoms with E-state index < -0.39 is 17.9 Å². The molecule has 9 nitrogen and oxygen atoms in total. The molecular formula is C31H37N3O6. The second-order valence-corrected chi connectivity index (χ2v) is 9.57. The number of nitrogens with zero attached hydrogens (tertiary/aromatic N) is 2. The molecule has 2 aromatic heterocycles. The van der Waals surface area contributed by atoms with E-state index in [4.69, 9.17) is 18.9 Å². The van der Waals surface area contributed by atoms with Crippen LogP contribution < -0.4 is 14.8 Å². The Labute approximate surface area is 234 Å². The van der Waals surface area contributed by atoms with Crippen LogP contribution in [0.1, 0.15) is 67.9 Å². The minimum atomic E-state index is -1.13. The van der Waals surface area contributed by atoms with Crippen molar-refractivity contribution >= 4 is 22.9 Å². The molecule has 1 saturated carbocycles. The highest BCUT2D eigenvalue weighted by Crippen LogP contribution is 2.36. The number of amides is 1. The van der Waals surface area contributed by atoms with E-state index in [-0.39, 0.29) is 6.42 Å². The fraction of sp³-hybridized carbons (Fsp3) is 0.387. The summed E-state index contributed by atoms with van der Waals surface area (Å²) >= 11 is 0. The van der Waals surface area contributed by atoms with Crippen LogP contribution in [-0.4, -0.2) is 46.8 Å². The Morgan fingerprint density at radius 1 is 1.05 bits per heavy atom. The molecule has 40 heavy (non-hydrogen) atoms. The third-order valence-corrected chi connectivity index (χ3v) is 7.16. The first-order valence-electron chi connectivity index (χ1n) is 13.8. The molecule has 1 aliphatic carbocycles. The van der Waals surface area contributed by atoms with Crippen molar-refractivity contribution in [3.8, 4) is 22.9 Å². The van der Waals surface area contributed by atoms with E-state index in [0.717, 1.165) is 29.7 Å². The van der Waals surface area contributed by atoms with E-state index in [2.05, 4.69) is 9.88 Å². The lowest BCUT2D eigenvalue weighted by Gasteiger charge is -2.25. The molecule has 0 saturated heterocycles. The Hall–Kier alpha value is -4.27. The third kappa shape index (κ3) is 6.14. The normalized spacial score (nSPS) is 14.2. The highest BCUT2D eigenvalue weighted by Gasteiger charge is 2.25. The average Bonchev–Trinajstić information content (AvgIpc) is 3.66. The van der Waals surface area contributed by atoms with Crippen molar-refractivity contribution in [3.05, 3.63) is 66.1 Å². The van der Waals surface area contributed by atoms with Gasteiger partial charge in [-0.15, -0.1) is 0 Å². The first-order chi connectivity index (χ1) is 19.5. The number of benzene rings is 2. The van der Waals surface area contributed by atoms with Crippen LogP contribution >= 0.6 is 0 Å². The zero-order valence-corrected chi connectivity index (χ0v) is 23.5. The predicted octanol–water partition coefficient (Wildman–Crippen LogP) is 6.27. The van der Waals surface area contributed by atoms with E-state index in [1.807, 2.05) is 26.0 Å². The zero-order chi connectivity index (χ0) is 28.6. The smallest absolute Gasteiger partial charge is 0.326 e. The predicted molar refractivity (Wildman–Crippen MR) is 153 cm³/mol. The van der Waals surface area contributed by atoms with E-state index in [1.54, 1.807) is 42.9 Å². The molecule has 9 heteroatoms. The number of hydrogen-bond donors (Lipinski definition) is 2. The van der Waals surface area contributed by atoms with Crippen molar-refractivity contribution in [2.45, 2.75) is 64.5 Å². The molecule has 1 unspecified atom stereocenters. The Morgan fingerprint density at radius 3 is 2.45 bits per heavy atom. The molecule has 212 valence electrons. The van der Waals surface area contributed by atoms with Crippen LogP contribution in [0.2, 0.25) is 0 Å². The first kappa shape index (κ1) is 28.7. The van der Waals surface area contributed by atoms with Crippen LogP contribution in [-0.2, 0) is 11.2 Å². The molecule has 2 N–H and O–H groups in total. The fourth-order valence-corrected chi connectivity index (χ4v) is 5.23. The van der Waals surface area contributed by atoms with Gasteiger partial charge in [0.2, 0.25) is 0 Å². The van der Waals surface area contributed by atoms with Crippen molar-refractivity contribution in [2.75, 3.05) is 14.2 Å². The number of carboxylic acid groups (broad SMARTS) is 1. The summed E-state index contributed by atoms with van der Waals surface area (Å²) in [6.07, 6.45) is 9.14. The number of hydrogen-bond acceptors (Lipinski definition) is 6. The van der Waals surface area contributed by atoms with Crippen LogP contribution in [0.4, 0.5) is 0 Å². The molecule has 2 aromatic carbocycles. The van der Waals surface area contributed by atoms with Gasteiger partial charge in [0.05, 0.1) is 37.1 Å². The van der Waals surface area contributed by atoms with Crippen molar-refractivity contribution in [1.82, 2.24) is 14.9 Å². The molecule has 1 aliphatic rings. The molecule has 1 atom stereocenters.